The van der Waals surface area contributed by atoms with Crippen LogP contribution in [0.2, 0.25) is 0 Å². The quantitative estimate of drug-likeness (QED) is 0.621. The number of hydrogen-bond donors (Lipinski definition) is 0. The Hall–Kier alpha value is -2.31. The Morgan fingerprint density at radius 2 is 1.76 bits per heavy atom. The van der Waals surface area contributed by atoms with Gasteiger partial charge in [-0.15, -0.1) is 0 Å². The van der Waals surface area contributed by atoms with Crippen molar-refractivity contribution in [2.75, 3.05) is 0 Å². The summed E-state index contributed by atoms with van der Waals surface area (Å²) in [6.45, 7) is 1.28. The highest BCUT2D eigenvalue weighted by Crippen LogP contribution is 2.32. The van der Waals surface area contributed by atoms with E-state index in [-0.39, 0.29) is 5.56 Å². The maximum atomic E-state index is 13.6. The molecule has 0 saturated carbocycles. The normalized spacial score (nSPS) is 11.5. The summed E-state index contributed by atoms with van der Waals surface area (Å²) in [5, 5.41) is 0. The molecule has 0 aliphatic carbocycles. The number of nitrogens with zero attached hydrogens (tertiary/aromatic N) is 1. The first kappa shape index (κ1) is 15.1. The average Bonchev–Trinajstić information content (AvgIpc) is 2.41. The number of carbonyl (C=O) groups excluding carboxylic acids is 1. The lowest BCUT2D eigenvalue weighted by molar-refractivity contribution is -0.137. The van der Waals surface area contributed by atoms with Crippen LogP contribution in [-0.2, 0) is 6.18 Å². The minimum atomic E-state index is -4.78. The molecule has 110 valence electrons. The summed E-state index contributed by atoms with van der Waals surface area (Å²) < 4.78 is 65.3. The summed E-state index contributed by atoms with van der Waals surface area (Å²) in [5.41, 5.74) is -2.68. The van der Waals surface area contributed by atoms with Crippen molar-refractivity contribution in [1.82, 2.24) is 4.98 Å². The van der Waals surface area contributed by atoms with Gasteiger partial charge in [-0.05, 0) is 24.6 Å². The lowest BCUT2D eigenvalue weighted by Crippen LogP contribution is -2.15. The molecule has 1 aromatic heterocycles. The molecule has 0 aliphatic heterocycles. The zero-order valence-corrected chi connectivity index (χ0v) is 10.6. The third-order valence-corrected chi connectivity index (χ3v) is 2.86. The van der Waals surface area contributed by atoms with Gasteiger partial charge in [-0.1, -0.05) is 0 Å². The van der Waals surface area contributed by atoms with Crippen LogP contribution < -0.4 is 0 Å². The van der Waals surface area contributed by atoms with Gasteiger partial charge < -0.3 is 0 Å². The van der Waals surface area contributed by atoms with Crippen molar-refractivity contribution in [2.24, 2.45) is 0 Å². The second-order valence-corrected chi connectivity index (χ2v) is 4.33. The molecule has 0 saturated heterocycles. The van der Waals surface area contributed by atoms with Gasteiger partial charge in [0, 0.05) is 18.5 Å². The number of rotatable bonds is 2. The van der Waals surface area contributed by atoms with Gasteiger partial charge in [0.05, 0.1) is 16.7 Å². The number of hydrogen-bond acceptors (Lipinski definition) is 2. The Kier molecular flexibility index (Phi) is 3.76. The van der Waals surface area contributed by atoms with Crippen molar-refractivity contribution in [2.45, 2.75) is 13.1 Å². The molecule has 21 heavy (non-hydrogen) atoms. The van der Waals surface area contributed by atoms with Crippen molar-refractivity contribution in [3.8, 4) is 0 Å². The molecule has 0 spiro atoms. The van der Waals surface area contributed by atoms with Gasteiger partial charge in [-0.2, -0.15) is 13.2 Å². The summed E-state index contributed by atoms with van der Waals surface area (Å²) in [6, 6.07) is 1.97. The molecule has 0 atom stereocenters. The van der Waals surface area contributed by atoms with Gasteiger partial charge in [0.1, 0.15) is 11.6 Å². The van der Waals surface area contributed by atoms with Crippen LogP contribution in [0.5, 0.6) is 0 Å². The fourth-order valence-electron chi connectivity index (χ4n) is 1.80. The number of alkyl halides is 3. The summed E-state index contributed by atoms with van der Waals surface area (Å²) in [4.78, 5) is 15.6. The second-order valence-electron chi connectivity index (χ2n) is 4.33. The fourth-order valence-corrected chi connectivity index (χ4v) is 1.80. The predicted octanol–water partition coefficient (Wildman–Crippen LogP) is 3.92. The van der Waals surface area contributed by atoms with Gasteiger partial charge in [0.2, 0.25) is 0 Å². The van der Waals surface area contributed by atoms with E-state index in [1.165, 1.54) is 6.92 Å². The van der Waals surface area contributed by atoms with Crippen LogP contribution in [0.1, 0.15) is 27.0 Å². The Bertz CT molecular complexity index is 709. The molecule has 0 bridgehead atoms. The molecule has 0 amide bonds. The van der Waals surface area contributed by atoms with Crippen molar-refractivity contribution < 1.29 is 26.7 Å². The molecule has 1 heterocycles. The van der Waals surface area contributed by atoms with Crippen LogP contribution >= 0.6 is 0 Å². The Labute approximate surface area is 116 Å². The smallest absolute Gasteiger partial charge is 0.288 e. The van der Waals surface area contributed by atoms with Crippen LogP contribution in [0, 0.1) is 18.6 Å². The van der Waals surface area contributed by atoms with Crippen molar-refractivity contribution in [3.63, 3.8) is 0 Å². The van der Waals surface area contributed by atoms with E-state index in [1.807, 2.05) is 0 Å². The Morgan fingerprint density at radius 1 is 1.10 bits per heavy atom. The molecule has 2 nitrogen and oxygen atoms in total. The number of aryl methyl sites for hydroxylation is 1. The average molecular weight is 301 g/mol. The predicted molar refractivity (Wildman–Crippen MR) is 63.8 cm³/mol. The van der Waals surface area contributed by atoms with E-state index in [1.54, 1.807) is 0 Å². The highest BCUT2D eigenvalue weighted by Gasteiger charge is 2.35. The maximum Gasteiger partial charge on any atom is 0.417 e. The summed E-state index contributed by atoms with van der Waals surface area (Å²) in [6.07, 6.45) is -3.19. The van der Waals surface area contributed by atoms with Gasteiger partial charge in [0.25, 0.3) is 0 Å². The van der Waals surface area contributed by atoms with Crippen molar-refractivity contribution in [3.05, 3.63) is 64.5 Å². The first-order valence-corrected chi connectivity index (χ1v) is 5.73. The SMILES string of the molecule is Cc1cc(C(=O)c2cnccc2C(F)(F)F)c(F)cc1F. The molecule has 0 N–H and O–H groups in total. The lowest BCUT2D eigenvalue weighted by atomic mass is 9.98. The minimum absolute atomic E-state index is 0.0443. The topological polar surface area (TPSA) is 30.0 Å². The lowest BCUT2D eigenvalue weighted by Gasteiger charge is -2.12. The third kappa shape index (κ3) is 2.91. The van der Waals surface area contributed by atoms with E-state index in [2.05, 4.69) is 4.98 Å². The second kappa shape index (κ2) is 5.23. The number of benzene rings is 1. The van der Waals surface area contributed by atoms with E-state index in [0.29, 0.717) is 18.3 Å². The van der Waals surface area contributed by atoms with E-state index >= 15 is 0 Å². The van der Waals surface area contributed by atoms with E-state index < -0.39 is 40.3 Å². The molecule has 1 aromatic carbocycles. The van der Waals surface area contributed by atoms with Crippen LogP contribution in [0.3, 0.4) is 0 Å². The molecule has 0 fully saturated rings. The standard InChI is InChI=1S/C14H8F5NO/c1-7-4-8(12(16)5-11(7)15)13(21)9-6-20-3-2-10(9)14(17,18)19/h2-6H,1H3. The summed E-state index contributed by atoms with van der Waals surface area (Å²) in [7, 11) is 0. The Morgan fingerprint density at radius 3 is 2.38 bits per heavy atom. The zero-order chi connectivity index (χ0) is 15.8. The summed E-state index contributed by atoms with van der Waals surface area (Å²) >= 11 is 0. The number of aromatic nitrogens is 1. The molecule has 0 aliphatic rings. The highest BCUT2D eigenvalue weighted by molar-refractivity contribution is 6.10. The maximum absolute atomic E-state index is 13.6. The first-order valence-electron chi connectivity index (χ1n) is 5.73. The van der Waals surface area contributed by atoms with Crippen molar-refractivity contribution >= 4 is 5.78 Å². The van der Waals surface area contributed by atoms with Crippen LogP contribution in [0.4, 0.5) is 22.0 Å². The molecule has 2 aromatic rings. The molecular formula is C14H8F5NO. The molecular weight excluding hydrogens is 293 g/mol. The van der Waals surface area contributed by atoms with Gasteiger partial charge >= 0.3 is 6.18 Å². The van der Waals surface area contributed by atoms with Crippen molar-refractivity contribution in [1.29, 1.82) is 0 Å². The van der Waals surface area contributed by atoms with Gasteiger partial charge in [-0.3, -0.25) is 9.78 Å². The largest absolute Gasteiger partial charge is 0.417 e. The molecule has 7 heteroatoms. The monoisotopic (exact) mass is 301 g/mol. The van der Waals surface area contributed by atoms with Crippen LogP contribution in [0.15, 0.2) is 30.6 Å². The van der Waals surface area contributed by atoms with Crippen LogP contribution in [-0.4, -0.2) is 10.8 Å². The summed E-state index contributed by atoms with van der Waals surface area (Å²) in [5.74, 6) is -3.30. The fraction of sp³-hybridized carbons (Fsp3) is 0.143. The van der Waals surface area contributed by atoms with Gasteiger partial charge in [-0.25, -0.2) is 8.78 Å². The number of carbonyl (C=O) groups is 1. The molecule has 0 unspecified atom stereocenters. The minimum Gasteiger partial charge on any atom is -0.288 e. The van der Waals surface area contributed by atoms with Gasteiger partial charge in [0.15, 0.2) is 5.78 Å². The molecule has 0 radical (unpaired) electrons. The van der Waals surface area contributed by atoms with E-state index in [9.17, 15) is 26.7 Å². The highest BCUT2D eigenvalue weighted by atomic mass is 19.4. The molecule has 2 rings (SSSR count). The van der Waals surface area contributed by atoms with E-state index in [0.717, 1.165) is 12.3 Å². The number of halogens is 5. The van der Waals surface area contributed by atoms with Crippen LogP contribution in [0.25, 0.3) is 0 Å². The first-order chi connectivity index (χ1) is 9.71. The zero-order valence-electron chi connectivity index (χ0n) is 10.6. The van der Waals surface area contributed by atoms with E-state index in [4.69, 9.17) is 0 Å². The third-order valence-electron chi connectivity index (χ3n) is 2.86. The number of pyridine rings is 1. The number of ketones is 1. The Balaban J connectivity index is 2.59.